The number of nitrogens with zero attached hydrogens (tertiary/aromatic N) is 6. The molecule has 0 radical (unpaired) electrons. The third-order valence-electron chi connectivity index (χ3n) is 5.05. The molecule has 0 N–H and O–H groups in total. The average Bonchev–Trinajstić information content (AvgIpc) is 3.20. The lowest BCUT2D eigenvalue weighted by Crippen LogP contribution is -2.33. The highest BCUT2D eigenvalue weighted by Crippen LogP contribution is 2.23. The standard InChI is InChI=1S/C22H24N6OS/c1-15-6-8-19(12-17(15)3)27(11-5-10-23)21(29)14-30-22-24-25-26-28(22)20-9-7-16(2)18(4)13-20/h6-9,12-13H,5,11,14H2,1-4H3. The fourth-order valence-electron chi connectivity index (χ4n) is 2.95. The minimum absolute atomic E-state index is 0.0897. The Morgan fingerprint density at radius 2 is 1.77 bits per heavy atom. The van der Waals surface area contributed by atoms with Crippen LogP contribution >= 0.6 is 11.8 Å². The van der Waals surface area contributed by atoms with Crippen molar-refractivity contribution in [1.82, 2.24) is 20.2 Å². The predicted molar refractivity (Wildman–Crippen MR) is 118 cm³/mol. The topological polar surface area (TPSA) is 87.7 Å². The van der Waals surface area contributed by atoms with E-state index in [1.807, 2.05) is 57.2 Å². The first-order valence-electron chi connectivity index (χ1n) is 9.64. The first kappa shape index (κ1) is 21.5. The minimum Gasteiger partial charge on any atom is -0.311 e. The molecule has 0 bridgehead atoms. The highest BCUT2D eigenvalue weighted by molar-refractivity contribution is 7.99. The summed E-state index contributed by atoms with van der Waals surface area (Å²) in [5, 5.41) is 21.5. The van der Waals surface area contributed by atoms with Gasteiger partial charge in [-0.15, -0.1) is 5.10 Å². The van der Waals surface area contributed by atoms with Crippen LogP contribution in [0, 0.1) is 39.0 Å². The maximum Gasteiger partial charge on any atom is 0.237 e. The van der Waals surface area contributed by atoms with E-state index in [-0.39, 0.29) is 18.1 Å². The number of thioether (sulfide) groups is 1. The maximum atomic E-state index is 13.0. The molecule has 3 aromatic rings. The molecule has 7 nitrogen and oxygen atoms in total. The van der Waals surface area contributed by atoms with E-state index in [4.69, 9.17) is 5.26 Å². The smallest absolute Gasteiger partial charge is 0.237 e. The summed E-state index contributed by atoms with van der Waals surface area (Å²) in [5.74, 6) is 0.0805. The molecule has 1 amide bonds. The van der Waals surface area contributed by atoms with Crippen molar-refractivity contribution in [2.75, 3.05) is 17.2 Å². The number of amides is 1. The number of carbonyl (C=O) groups excluding carboxylic acids is 1. The Bertz CT molecular complexity index is 1100. The first-order valence-corrected chi connectivity index (χ1v) is 10.6. The Hall–Kier alpha value is -3.18. The van der Waals surface area contributed by atoms with Crippen molar-refractivity contribution in [2.24, 2.45) is 0 Å². The molecule has 8 heteroatoms. The summed E-state index contributed by atoms with van der Waals surface area (Å²) in [6.07, 6.45) is 0.268. The summed E-state index contributed by atoms with van der Waals surface area (Å²) in [6.45, 7) is 8.48. The van der Waals surface area contributed by atoms with Crippen LogP contribution in [0.2, 0.25) is 0 Å². The number of hydrogen-bond donors (Lipinski definition) is 0. The van der Waals surface area contributed by atoms with Crippen molar-refractivity contribution in [1.29, 1.82) is 5.26 Å². The van der Waals surface area contributed by atoms with Gasteiger partial charge in [0.2, 0.25) is 11.1 Å². The number of benzene rings is 2. The second-order valence-corrected chi connectivity index (χ2v) is 8.10. The molecule has 0 saturated carbocycles. The molecule has 30 heavy (non-hydrogen) atoms. The quantitative estimate of drug-likeness (QED) is 0.538. The molecular formula is C22H24N6OS. The lowest BCUT2D eigenvalue weighted by atomic mass is 10.1. The van der Waals surface area contributed by atoms with E-state index in [0.717, 1.165) is 28.1 Å². The van der Waals surface area contributed by atoms with Gasteiger partial charge in [-0.1, -0.05) is 23.9 Å². The van der Waals surface area contributed by atoms with Gasteiger partial charge in [-0.3, -0.25) is 4.79 Å². The number of tetrazole rings is 1. The Morgan fingerprint density at radius 3 is 2.43 bits per heavy atom. The molecule has 0 fully saturated rings. The van der Waals surface area contributed by atoms with Crippen molar-refractivity contribution in [3.8, 4) is 11.8 Å². The average molecular weight is 421 g/mol. The van der Waals surface area contributed by atoms with Crippen molar-refractivity contribution in [3.05, 3.63) is 58.7 Å². The van der Waals surface area contributed by atoms with Crippen LogP contribution in [0.4, 0.5) is 5.69 Å². The lowest BCUT2D eigenvalue weighted by Gasteiger charge is -2.22. The highest BCUT2D eigenvalue weighted by Gasteiger charge is 2.19. The zero-order chi connectivity index (χ0) is 21.7. The second-order valence-electron chi connectivity index (χ2n) is 7.15. The fraction of sp³-hybridized carbons (Fsp3) is 0.318. The number of rotatable bonds is 7. The lowest BCUT2D eigenvalue weighted by molar-refractivity contribution is -0.116. The van der Waals surface area contributed by atoms with Crippen molar-refractivity contribution in [2.45, 2.75) is 39.3 Å². The molecule has 0 aliphatic rings. The number of nitriles is 1. The van der Waals surface area contributed by atoms with Gasteiger partial charge in [0, 0.05) is 12.2 Å². The van der Waals surface area contributed by atoms with Crippen LogP contribution in [0.25, 0.3) is 5.69 Å². The second kappa shape index (κ2) is 9.55. The molecule has 0 aliphatic heterocycles. The molecule has 2 aromatic carbocycles. The molecule has 0 saturated heterocycles. The minimum atomic E-state index is -0.0897. The van der Waals surface area contributed by atoms with Gasteiger partial charge < -0.3 is 4.90 Å². The van der Waals surface area contributed by atoms with E-state index in [1.54, 1.807) is 9.58 Å². The van der Waals surface area contributed by atoms with E-state index < -0.39 is 0 Å². The molecule has 1 heterocycles. The van der Waals surface area contributed by atoms with Gasteiger partial charge in [-0.05, 0) is 84.6 Å². The molecule has 1 aromatic heterocycles. The summed E-state index contributed by atoms with van der Waals surface area (Å²) >= 11 is 1.28. The van der Waals surface area contributed by atoms with Crippen molar-refractivity contribution in [3.63, 3.8) is 0 Å². The van der Waals surface area contributed by atoms with Gasteiger partial charge in [0.05, 0.1) is 23.9 Å². The fourth-order valence-corrected chi connectivity index (χ4v) is 3.71. The number of aromatic nitrogens is 4. The summed E-state index contributed by atoms with van der Waals surface area (Å²) in [7, 11) is 0. The van der Waals surface area contributed by atoms with Crippen LogP contribution in [0.3, 0.4) is 0 Å². The van der Waals surface area contributed by atoms with Gasteiger partial charge in [0.15, 0.2) is 0 Å². The van der Waals surface area contributed by atoms with E-state index in [0.29, 0.717) is 11.7 Å². The largest absolute Gasteiger partial charge is 0.311 e. The molecule has 0 unspecified atom stereocenters. The Labute approximate surface area is 180 Å². The third-order valence-corrected chi connectivity index (χ3v) is 5.96. The number of anilines is 1. The zero-order valence-electron chi connectivity index (χ0n) is 17.6. The predicted octanol–water partition coefficient (Wildman–Crippen LogP) is 3.93. The van der Waals surface area contributed by atoms with E-state index in [1.165, 1.54) is 17.3 Å². The normalized spacial score (nSPS) is 10.6. The van der Waals surface area contributed by atoms with Gasteiger partial charge in [0.25, 0.3) is 0 Å². The number of aryl methyl sites for hydroxylation is 4. The van der Waals surface area contributed by atoms with Crippen LogP contribution < -0.4 is 4.90 Å². The summed E-state index contributed by atoms with van der Waals surface area (Å²) in [4.78, 5) is 14.7. The van der Waals surface area contributed by atoms with E-state index in [2.05, 4.69) is 28.5 Å². The summed E-state index contributed by atoms with van der Waals surface area (Å²) in [6, 6.07) is 14.0. The number of hydrogen-bond acceptors (Lipinski definition) is 6. The van der Waals surface area contributed by atoms with Gasteiger partial charge in [-0.2, -0.15) is 9.94 Å². The van der Waals surface area contributed by atoms with Gasteiger partial charge >= 0.3 is 0 Å². The van der Waals surface area contributed by atoms with Gasteiger partial charge in [0.1, 0.15) is 0 Å². The molecule has 154 valence electrons. The van der Waals surface area contributed by atoms with Crippen LogP contribution in [-0.4, -0.2) is 38.4 Å². The Morgan fingerprint density at radius 1 is 1.07 bits per heavy atom. The Kier molecular flexibility index (Phi) is 6.85. The van der Waals surface area contributed by atoms with Gasteiger partial charge in [-0.25, -0.2) is 0 Å². The van der Waals surface area contributed by atoms with Crippen LogP contribution in [0.1, 0.15) is 28.7 Å². The first-order chi connectivity index (χ1) is 14.4. The SMILES string of the molecule is Cc1ccc(N(CCC#N)C(=O)CSc2nnnn2-c2ccc(C)c(C)c2)cc1C. The molecule has 0 aliphatic carbocycles. The van der Waals surface area contributed by atoms with Crippen molar-refractivity contribution >= 4 is 23.4 Å². The maximum absolute atomic E-state index is 13.0. The van der Waals surface area contributed by atoms with Crippen molar-refractivity contribution < 1.29 is 4.79 Å². The molecular weight excluding hydrogens is 396 g/mol. The zero-order valence-corrected chi connectivity index (χ0v) is 18.4. The number of carbonyl (C=O) groups is 1. The Balaban J connectivity index is 1.77. The third kappa shape index (κ3) is 4.86. The van der Waals surface area contributed by atoms with E-state index in [9.17, 15) is 4.79 Å². The molecule has 3 rings (SSSR count). The van der Waals surface area contributed by atoms with Crippen LogP contribution in [0.5, 0.6) is 0 Å². The highest BCUT2D eigenvalue weighted by atomic mass is 32.2. The molecule has 0 atom stereocenters. The van der Waals surface area contributed by atoms with Crippen LogP contribution in [-0.2, 0) is 4.79 Å². The summed E-state index contributed by atoms with van der Waals surface area (Å²) in [5.41, 5.74) is 6.26. The summed E-state index contributed by atoms with van der Waals surface area (Å²) < 4.78 is 1.64. The van der Waals surface area contributed by atoms with E-state index >= 15 is 0 Å². The monoisotopic (exact) mass is 420 g/mol. The molecule has 0 spiro atoms. The van der Waals surface area contributed by atoms with Crippen LogP contribution in [0.15, 0.2) is 41.6 Å².